The Balaban J connectivity index is 2.28. The Kier molecular flexibility index (Phi) is 7.72. The highest BCUT2D eigenvalue weighted by atomic mass is 79.9. The Morgan fingerprint density at radius 2 is 1.96 bits per heavy atom. The Morgan fingerprint density at radius 3 is 2.57 bits per heavy atom. The number of amides is 1. The number of carboxylic acid groups (broad SMARTS) is 1. The van der Waals surface area contributed by atoms with Gasteiger partial charge in [0, 0.05) is 0 Å². The van der Waals surface area contributed by atoms with Gasteiger partial charge in [0.25, 0.3) is 5.91 Å². The summed E-state index contributed by atoms with van der Waals surface area (Å²) in [5.74, 6) is -1.71. The monoisotopic (exact) mass is 502 g/mol. The molecule has 2 rings (SSSR count). The van der Waals surface area contributed by atoms with E-state index < -0.39 is 18.5 Å². The molecule has 10 heteroatoms. The van der Waals surface area contributed by atoms with Crippen molar-refractivity contribution in [1.82, 2.24) is 0 Å². The molecular weight excluding hydrogens is 494 g/mol. The van der Waals surface area contributed by atoms with Crippen LogP contribution < -0.4 is 10.1 Å². The molecule has 0 aliphatic heterocycles. The van der Waals surface area contributed by atoms with Crippen LogP contribution in [0.1, 0.15) is 5.56 Å². The smallest absolute Gasteiger partial charge is 0.341 e. The number of nitriles is 1. The second-order valence-corrected chi connectivity index (χ2v) is 7.27. The molecule has 0 aliphatic rings. The fourth-order valence-electron chi connectivity index (χ4n) is 2.04. The number of anilines is 1. The van der Waals surface area contributed by atoms with Gasteiger partial charge >= 0.3 is 5.97 Å². The summed E-state index contributed by atoms with van der Waals surface area (Å²) in [6.45, 7) is -0.570. The van der Waals surface area contributed by atoms with Crippen molar-refractivity contribution in [1.29, 1.82) is 5.26 Å². The van der Waals surface area contributed by atoms with Gasteiger partial charge in [0.05, 0.1) is 25.2 Å². The van der Waals surface area contributed by atoms with E-state index in [1.807, 2.05) is 0 Å². The van der Waals surface area contributed by atoms with Crippen LogP contribution in [0.3, 0.4) is 0 Å². The van der Waals surface area contributed by atoms with Crippen LogP contribution in [0.4, 0.5) is 5.69 Å². The quantitative estimate of drug-likeness (QED) is 0.404. The third kappa shape index (κ3) is 5.63. The first-order valence-corrected chi connectivity index (χ1v) is 9.36. The number of ether oxygens (including phenoxy) is 1. The first-order valence-electron chi connectivity index (χ1n) is 7.43. The van der Waals surface area contributed by atoms with Gasteiger partial charge in [-0.25, -0.2) is 4.79 Å². The fourth-order valence-corrected chi connectivity index (χ4v) is 3.38. The standard InChI is InChI=1S/C18H10BrCl3N2O4/c19-11-5-9(6-13(21)17(11)28-8-15(25)26)4-10(7-23)18(27)24-14-3-1-2-12(20)16(14)22/h1-6H,8H2,(H,24,27)(H,25,26)/b10-4-. The molecule has 0 spiro atoms. The van der Waals surface area contributed by atoms with Gasteiger partial charge < -0.3 is 15.2 Å². The number of hydrogen-bond acceptors (Lipinski definition) is 4. The van der Waals surface area contributed by atoms with E-state index in [4.69, 9.17) is 44.6 Å². The van der Waals surface area contributed by atoms with Crippen molar-refractivity contribution in [3.8, 4) is 11.8 Å². The predicted molar refractivity (Wildman–Crippen MR) is 111 cm³/mol. The van der Waals surface area contributed by atoms with Crippen LogP contribution in [-0.2, 0) is 9.59 Å². The van der Waals surface area contributed by atoms with Crippen LogP contribution in [0.25, 0.3) is 6.08 Å². The molecule has 0 atom stereocenters. The zero-order valence-corrected chi connectivity index (χ0v) is 17.7. The number of nitrogens with zero attached hydrogens (tertiary/aromatic N) is 1. The predicted octanol–water partition coefficient (Wildman–Crippen LogP) is 5.42. The normalized spacial score (nSPS) is 10.9. The molecule has 0 aromatic heterocycles. The molecule has 28 heavy (non-hydrogen) atoms. The number of nitrogens with one attached hydrogen (secondary N) is 1. The minimum atomic E-state index is -1.16. The van der Waals surface area contributed by atoms with Gasteiger partial charge in [0.15, 0.2) is 12.4 Å². The summed E-state index contributed by atoms with van der Waals surface area (Å²) in [5.41, 5.74) is 0.471. The lowest BCUT2D eigenvalue weighted by Gasteiger charge is -2.10. The minimum Gasteiger partial charge on any atom is -0.479 e. The van der Waals surface area contributed by atoms with Crippen LogP contribution in [0.15, 0.2) is 40.4 Å². The van der Waals surface area contributed by atoms with E-state index in [2.05, 4.69) is 21.2 Å². The number of halogens is 4. The molecule has 0 heterocycles. The summed E-state index contributed by atoms with van der Waals surface area (Å²) in [6.07, 6.45) is 1.31. The number of carbonyl (C=O) groups is 2. The first kappa shape index (κ1) is 22.1. The van der Waals surface area contributed by atoms with Crippen LogP contribution in [-0.4, -0.2) is 23.6 Å². The van der Waals surface area contributed by atoms with E-state index in [-0.39, 0.29) is 32.1 Å². The summed E-state index contributed by atoms with van der Waals surface area (Å²) in [7, 11) is 0. The lowest BCUT2D eigenvalue weighted by Crippen LogP contribution is -2.13. The molecule has 144 valence electrons. The number of carbonyl (C=O) groups excluding carboxylic acids is 1. The molecule has 2 aromatic rings. The number of aliphatic carboxylic acids is 1. The molecule has 0 unspecified atom stereocenters. The topological polar surface area (TPSA) is 99.4 Å². The molecule has 2 aromatic carbocycles. The van der Waals surface area contributed by atoms with Gasteiger partial charge in [-0.2, -0.15) is 5.26 Å². The summed E-state index contributed by atoms with van der Waals surface area (Å²) in [4.78, 5) is 23.0. The van der Waals surface area contributed by atoms with Crippen molar-refractivity contribution in [2.75, 3.05) is 11.9 Å². The molecule has 2 N–H and O–H groups in total. The van der Waals surface area contributed by atoms with Crippen molar-refractivity contribution in [3.05, 3.63) is 61.0 Å². The van der Waals surface area contributed by atoms with Crippen LogP contribution in [0.2, 0.25) is 15.1 Å². The van der Waals surface area contributed by atoms with Gasteiger partial charge in [-0.1, -0.05) is 40.9 Å². The Labute approximate surface area is 183 Å². The maximum Gasteiger partial charge on any atom is 0.341 e. The number of benzene rings is 2. The van der Waals surface area contributed by atoms with Gasteiger partial charge in [0.2, 0.25) is 0 Å². The molecule has 0 bridgehead atoms. The van der Waals surface area contributed by atoms with E-state index in [0.717, 1.165) is 0 Å². The SMILES string of the molecule is N#C/C(=C/c1cc(Cl)c(OCC(=O)O)c(Br)c1)C(=O)Nc1cccc(Cl)c1Cl. The largest absolute Gasteiger partial charge is 0.479 e. The lowest BCUT2D eigenvalue weighted by molar-refractivity contribution is -0.139. The Bertz CT molecular complexity index is 995. The van der Waals surface area contributed by atoms with Gasteiger partial charge in [-0.15, -0.1) is 0 Å². The van der Waals surface area contributed by atoms with E-state index >= 15 is 0 Å². The first-order chi connectivity index (χ1) is 13.2. The van der Waals surface area contributed by atoms with Crippen molar-refractivity contribution < 1.29 is 19.4 Å². The van der Waals surface area contributed by atoms with E-state index in [1.54, 1.807) is 24.3 Å². The van der Waals surface area contributed by atoms with Crippen LogP contribution >= 0.6 is 50.7 Å². The average Bonchev–Trinajstić information content (AvgIpc) is 2.62. The highest BCUT2D eigenvalue weighted by molar-refractivity contribution is 9.10. The second-order valence-electron chi connectivity index (χ2n) is 5.22. The van der Waals surface area contributed by atoms with Gasteiger partial charge in [-0.3, -0.25) is 4.79 Å². The van der Waals surface area contributed by atoms with Crippen LogP contribution in [0.5, 0.6) is 5.75 Å². The second kappa shape index (κ2) is 9.80. The third-order valence-corrected chi connectivity index (χ3v) is 4.93. The Morgan fingerprint density at radius 1 is 1.25 bits per heavy atom. The third-order valence-electron chi connectivity index (χ3n) is 3.24. The molecule has 0 aliphatic carbocycles. The maximum atomic E-state index is 12.4. The lowest BCUT2D eigenvalue weighted by atomic mass is 10.1. The van der Waals surface area contributed by atoms with Crippen molar-refractivity contribution in [3.63, 3.8) is 0 Å². The zero-order valence-electron chi connectivity index (χ0n) is 13.8. The maximum absolute atomic E-state index is 12.4. The van der Waals surface area contributed by atoms with E-state index in [1.165, 1.54) is 18.2 Å². The summed E-state index contributed by atoms with van der Waals surface area (Å²) >= 11 is 21.3. The molecule has 0 saturated heterocycles. The summed E-state index contributed by atoms with van der Waals surface area (Å²) in [6, 6.07) is 9.47. The highest BCUT2D eigenvalue weighted by Gasteiger charge is 2.15. The summed E-state index contributed by atoms with van der Waals surface area (Å²) < 4.78 is 5.46. The molecule has 0 radical (unpaired) electrons. The highest BCUT2D eigenvalue weighted by Crippen LogP contribution is 2.35. The van der Waals surface area contributed by atoms with Gasteiger partial charge in [-0.05, 0) is 51.8 Å². The Hall–Kier alpha value is -2.24. The molecule has 0 fully saturated rings. The van der Waals surface area contributed by atoms with Crippen molar-refractivity contribution in [2.24, 2.45) is 0 Å². The van der Waals surface area contributed by atoms with E-state index in [9.17, 15) is 14.9 Å². The van der Waals surface area contributed by atoms with Crippen molar-refractivity contribution in [2.45, 2.75) is 0 Å². The molecule has 1 amide bonds. The number of carboxylic acids is 1. The summed E-state index contributed by atoms with van der Waals surface area (Å²) in [5, 5.41) is 21.1. The molecule has 0 saturated carbocycles. The van der Waals surface area contributed by atoms with E-state index in [0.29, 0.717) is 10.0 Å². The zero-order chi connectivity index (χ0) is 20.8. The minimum absolute atomic E-state index is 0.109. The molecule has 6 nitrogen and oxygen atoms in total. The van der Waals surface area contributed by atoms with Crippen LogP contribution in [0, 0.1) is 11.3 Å². The molecular formula is C18H10BrCl3N2O4. The fraction of sp³-hybridized carbons (Fsp3) is 0.0556. The van der Waals surface area contributed by atoms with Gasteiger partial charge in [0.1, 0.15) is 11.6 Å². The van der Waals surface area contributed by atoms with Crippen molar-refractivity contribution >= 4 is 74.4 Å². The number of hydrogen-bond donors (Lipinski definition) is 2. The average molecular weight is 505 g/mol. The number of rotatable bonds is 6.